The molecule has 0 amide bonds. The van der Waals surface area contributed by atoms with E-state index in [2.05, 4.69) is 25.9 Å². The van der Waals surface area contributed by atoms with Crippen LogP contribution in [0.1, 0.15) is 15.9 Å². The third kappa shape index (κ3) is 4.73. The van der Waals surface area contributed by atoms with Crippen LogP contribution in [-0.2, 0) is 0 Å². The first kappa shape index (κ1) is 18.6. The number of halogens is 3. The number of ether oxygens (including phenoxy) is 1. The zero-order valence-corrected chi connectivity index (χ0v) is 14.7. The summed E-state index contributed by atoms with van der Waals surface area (Å²) in [6.07, 6.45) is -4.84. The Morgan fingerprint density at radius 3 is 2.56 bits per heavy atom. The van der Waals surface area contributed by atoms with E-state index in [-0.39, 0.29) is 16.5 Å². The number of benzene rings is 2. The highest BCUT2D eigenvalue weighted by atomic mass is 32.1. The van der Waals surface area contributed by atoms with E-state index in [1.807, 2.05) is 31.2 Å². The van der Waals surface area contributed by atoms with Crippen LogP contribution in [0.15, 0.2) is 47.6 Å². The summed E-state index contributed by atoms with van der Waals surface area (Å²) >= 11 is 5.10. The summed E-state index contributed by atoms with van der Waals surface area (Å²) in [4.78, 5) is 12.3. The summed E-state index contributed by atoms with van der Waals surface area (Å²) in [6.45, 7) is 1.95. The van der Waals surface area contributed by atoms with Crippen molar-refractivity contribution in [1.82, 2.24) is 5.43 Å². The third-order valence-corrected chi connectivity index (χ3v) is 3.71. The van der Waals surface area contributed by atoms with Gasteiger partial charge in [0.2, 0.25) is 5.78 Å². The first-order valence-electron chi connectivity index (χ1n) is 7.64. The minimum atomic E-state index is -4.84. The molecule has 0 radical (unpaired) electrons. The van der Waals surface area contributed by atoms with Crippen molar-refractivity contribution in [3.8, 4) is 5.75 Å². The molecule has 1 aliphatic rings. The molecule has 6 nitrogen and oxygen atoms in total. The normalized spacial score (nSPS) is 14.5. The maximum absolute atomic E-state index is 12.3. The number of nitrogens with one attached hydrogen (secondary N) is 3. The van der Waals surface area contributed by atoms with Crippen LogP contribution in [0.2, 0.25) is 0 Å². The fourth-order valence-corrected chi connectivity index (χ4v) is 2.47. The van der Waals surface area contributed by atoms with Crippen molar-refractivity contribution in [3.05, 3.63) is 53.6 Å². The highest BCUT2D eigenvalue weighted by molar-refractivity contribution is 7.80. The Labute approximate surface area is 157 Å². The second kappa shape index (κ2) is 7.23. The number of fused-ring (bicyclic) bond motifs is 1. The lowest BCUT2D eigenvalue weighted by Gasteiger charge is -2.09. The fourth-order valence-electron chi connectivity index (χ4n) is 2.31. The molecule has 140 valence electrons. The van der Waals surface area contributed by atoms with Gasteiger partial charge in [-0.25, -0.2) is 0 Å². The molecule has 2 aromatic rings. The van der Waals surface area contributed by atoms with Gasteiger partial charge in [-0.15, -0.1) is 13.2 Å². The molecule has 3 N–H and O–H groups in total. The van der Waals surface area contributed by atoms with E-state index in [9.17, 15) is 18.0 Å². The topological polar surface area (TPSA) is 74.8 Å². The number of amidine groups is 1. The number of thiocarbonyl (C=S) groups is 1. The fraction of sp³-hybridized carbons (Fsp3) is 0.118. The molecule has 0 bridgehead atoms. The Morgan fingerprint density at radius 1 is 1.19 bits per heavy atom. The van der Waals surface area contributed by atoms with Gasteiger partial charge < -0.3 is 15.4 Å². The Kier molecular flexibility index (Phi) is 5.00. The zero-order chi connectivity index (χ0) is 19.6. The Hall–Kier alpha value is -3.14. The number of carbonyl (C=O) groups excluding carboxylic acids is 1. The van der Waals surface area contributed by atoms with Gasteiger partial charge in [-0.2, -0.15) is 5.10 Å². The predicted molar refractivity (Wildman–Crippen MR) is 99.0 cm³/mol. The van der Waals surface area contributed by atoms with Crippen molar-refractivity contribution in [2.75, 3.05) is 10.6 Å². The number of anilines is 2. The zero-order valence-electron chi connectivity index (χ0n) is 13.8. The van der Waals surface area contributed by atoms with Crippen molar-refractivity contribution in [1.29, 1.82) is 0 Å². The Bertz CT molecular complexity index is 927. The van der Waals surface area contributed by atoms with E-state index in [1.165, 1.54) is 6.07 Å². The lowest BCUT2D eigenvalue weighted by atomic mass is 10.1. The van der Waals surface area contributed by atoms with Crippen LogP contribution in [0.3, 0.4) is 0 Å². The van der Waals surface area contributed by atoms with Crippen LogP contribution in [0.4, 0.5) is 24.5 Å². The summed E-state index contributed by atoms with van der Waals surface area (Å²) in [5.74, 6) is -1.16. The van der Waals surface area contributed by atoms with Crippen LogP contribution < -0.4 is 20.8 Å². The first-order chi connectivity index (χ1) is 12.7. The average Bonchev–Trinajstić information content (AvgIpc) is 2.90. The number of hydrogen-bond donors (Lipinski definition) is 3. The molecule has 0 saturated heterocycles. The van der Waals surface area contributed by atoms with Crippen LogP contribution in [-0.4, -0.2) is 23.1 Å². The highest BCUT2D eigenvalue weighted by Gasteiger charge is 2.33. The molecule has 10 heteroatoms. The minimum absolute atomic E-state index is 0.0229. The molecule has 27 heavy (non-hydrogen) atoms. The summed E-state index contributed by atoms with van der Waals surface area (Å²) in [6, 6.07) is 10.9. The highest BCUT2D eigenvalue weighted by Crippen LogP contribution is 2.30. The Morgan fingerprint density at radius 2 is 1.89 bits per heavy atom. The number of ketones is 1. The SMILES string of the molecule is Cc1ccc(NC(=S)NN=C2Nc3ccc(OC(F)(F)F)cc3C2=O)cc1. The first-order valence-corrected chi connectivity index (χ1v) is 8.05. The number of hydrazone groups is 1. The quantitative estimate of drug-likeness (QED) is 0.543. The third-order valence-electron chi connectivity index (χ3n) is 3.52. The summed E-state index contributed by atoms with van der Waals surface area (Å²) in [7, 11) is 0. The van der Waals surface area contributed by atoms with Crippen LogP contribution in [0.5, 0.6) is 5.75 Å². The summed E-state index contributed by atoms with van der Waals surface area (Å²) < 4.78 is 40.7. The number of alkyl halides is 3. The van der Waals surface area contributed by atoms with Crippen molar-refractivity contribution in [2.24, 2.45) is 5.10 Å². The van der Waals surface area contributed by atoms with Crippen molar-refractivity contribution in [2.45, 2.75) is 13.3 Å². The van der Waals surface area contributed by atoms with Gasteiger partial charge in [0.15, 0.2) is 10.9 Å². The number of carbonyl (C=O) groups is 1. The Balaban J connectivity index is 1.66. The molecule has 0 aliphatic carbocycles. The monoisotopic (exact) mass is 394 g/mol. The standard InChI is InChI=1S/C17H13F3N4O2S/c1-9-2-4-10(5-3-9)21-16(27)24-23-15-14(25)12-8-11(26-17(18,19)20)6-7-13(12)22-15/h2-8H,1H3,(H2,21,24,27)(H,22,23,25). The van der Waals surface area contributed by atoms with Crippen molar-refractivity contribution < 1.29 is 22.7 Å². The van der Waals surface area contributed by atoms with Crippen molar-refractivity contribution in [3.63, 3.8) is 0 Å². The second-order valence-electron chi connectivity index (χ2n) is 5.60. The molecule has 2 aromatic carbocycles. The molecule has 1 aliphatic heterocycles. The lowest BCUT2D eigenvalue weighted by Crippen LogP contribution is -2.27. The van der Waals surface area contributed by atoms with Gasteiger partial charge in [0.1, 0.15) is 5.75 Å². The molecule has 0 atom stereocenters. The van der Waals surface area contributed by atoms with Crippen LogP contribution in [0.25, 0.3) is 0 Å². The smallest absolute Gasteiger partial charge is 0.406 e. The predicted octanol–water partition coefficient (Wildman–Crippen LogP) is 3.80. The van der Waals surface area contributed by atoms with Gasteiger partial charge in [0.25, 0.3) is 0 Å². The average molecular weight is 394 g/mol. The number of hydrogen-bond acceptors (Lipinski definition) is 4. The van der Waals surface area contributed by atoms with Crippen LogP contribution >= 0.6 is 12.2 Å². The molecule has 0 spiro atoms. The molecule has 0 saturated carbocycles. The molecular weight excluding hydrogens is 381 g/mol. The second-order valence-corrected chi connectivity index (χ2v) is 6.01. The van der Waals surface area contributed by atoms with Crippen molar-refractivity contribution >= 4 is 40.3 Å². The van der Waals surface area contributed by atoms with Crippen LogP contribution in [0, 0.1) is 6.92 Å². The van der Waals surface area contributed by atoms with E-state index >= 15 is 0 Å². The van der Waals surface area contributed by atoms with E-state index in [1.54, 1.807) is 0 Å². The molecule has 0 fully saturated rings. The van der Waals surface area contributed by atoms with E-state index in [0.29, 0.717) is 5.69 Å². The molecule has 0 unspecified atom stereocenters. The van der Waals surface area contributed by atoms with Gasteiger partial charge in [0.05, 0.1) is 11.3 Å². The number of nitrogens with zero attached hydrogens (tertiary/aromatic N) is 1. The van der Waals surface area contributed by atoms with Gasteiger partial charge in [-0.1, -0.05) is 17.7 Å². The van der Waals surface area contributed by atoms with E-state index < -0.39 is 17.9 Å². The largest absolute Gasteiger partial charge is 0.573 e. The number of rotatable bonds is 3. The maximum atomic E-state index is 12.3. The molecule has 3 rings (SSSR count). The van der Waals surface area contributed by atoms with Gasteiger partial charge in [0, 0.05) is 5.69 Å². The molecule has 1 heterocycles. The van der Waals surface area contributed by atoms with Gasteiger partial charge in [-0.3, -0.25) is 10.2 Å². The number of Topliss-reactive ketones (excluding diaryl/α,β-unsaturated/α-hetero) is 1. The lowest BCUT2D eigenvalue weighted by molar-refractivity contribution is -0.274. The van der Waals surface area contributed by atoms with E-state index in [4.69, 9.17) is 12.2 Å². The summed E-state index contributed by atoms with van der Waals surface area (Å²) in [5.41, 5.74) is 4.70. The minimum Gasteiger partial charge on any atom is -0.406 e. The van der Waals surface area contributed by atoms with Gasteiger partial charge in [-0.05, 0) is 49.5 Å². The van der Waals surface area contributed by atoms with E-state index in [0.717, 1.165) is 23.4 Å². The maximum Gasteiger partial charge on any atom is 0.573 e. The molecule has 0 aromatic heterocycles. The number of aryl methyl sites for hydroxylation is 1. The van der Waals surface area contributed by atoms with Gasteiger partial charge >= 0.3 is 6.36 Å². The molecular formula is C17H13F3N4O2S. The summed E-state index contributed by atoms with van der Waals surface area (Å²) in [5, 5.41) is 9.63.